The molecule has 13 heteroatoms. The molecule has 5 heterocycles. The van der Waals surface area contributed by atoms with Crippen molar-refractivity contribution in [1.82, 2.24) is 24.4 Å². The van der Waals surface area contributed by atoms with E-state index < -0.39 is 42.1 Å². The molecule has 41 heavy (non-hydrogen) atoms. The summed E-state index contributed by atoms with van der Waals surface area (Å²) < 4.78 is 46.9. The van der Waals surface area contributed by atoms with E-state index in [1.54, 1.807) is 23.2 Å². The molecule has 0 spiro atoms. The van der Waals surface area contributed by atoms with Gasteiger partial charge in [-0.25, -0.2) is 22.7 Å². The number of carbonyl (C=O) groups excluding carboxylic acids is 2. The second-order valence-electron chi connectivity index (χ2n) is 11.6. The quantitative estimate of drug-likeness (QED) is 0.449. The number of rotatable bonds is 7. The van der Waals surface area contributed by atoms with Crippen LogP contribution in [0.1, 0.15) is 53.0 Å². The van der Waals surface area contributed by atoms with Crippen LogP contribution in [0, 0.1) is 0 Å². The molecule has 0 bridgehead atoms. The van der Waals surface area contributed by atoms with Crippen LogP contribution < -0.4 is 10.2 Å². The van der Waals surface area contributed by atoms with Crippen molar-refractivity contribution in [3.63, 3.8) is 0 Å². The van der Waals surface area contributed by atoms with Crippen LogP contribution in [0.25, 0.3) is 5.65 Å². The summed E-state index contributed by atoms with van der Waals surface area (Å²) in [5.74, 6) is -4.00. The highest BCUT2D eigenvalue weighted by molar-refractivity contribution is 6.10. The van der Waals surface area contributed by atoms with Crippen LogP contribution >= 0.6 is 0 Å². The fourth-order valence-corrected chi connectivity index (χ4v) is 5.75. The predicted octanol–water partition coefficient (Wildman–Crippen LogP) is 2.97. The number of piperidine rings is 1. The van der Waals surface area contributed by atoms with E-state index in [0.717, 1.165) is 6.42 Å². The number of aromatic nitrogens is 3. The number of nitrogens with zero attached hydrogens (tertiary/aromatic N) is 6. The van der Waals surface area contributed by atoms with Crippen molar-refractivity contribution >= 4 is 28.8 Å². The molecule has 3 aliphatic rings. The number of halogens is 3. The monoisotopic (exact) mass is 571 g/mol. The Bertz CT molecular complexity index is 1500. The Morgan fingerprint density at radius 1 is 1.27 bits per heavy atom. The molecule has 0 saturated carbocycles. The van der Waals surface area contributed by atoms with Gasteiger partial charge in [0.1, 0.15) is 11.7 Å². The lowest BCUT2D eigenvalue weighted by Gasteiger charge is -2.47. The van der Waals surface area contributed by atoms with Gasteiger partial charge in [-0.05, 0) is 63.5 Å². The standard InChI is InChI=1S/C28H32F3N7O3/c1-27(2,41)22(29)15-37-14-17-11-20(34-25(39)19-13-33-38-9-3-6-32-24(19)38)21(12-18(17)26(37)40)36-10-5-23(28(30,31)16-36)35-7-4-8-35/h3,6,9,11-13,22-23,41H,4-5,7-8,10,14-16H2,1-2H3,(H,34,39). The molecule has 2 unspecified atom stereocenters. The van der Waals surface area contributed by atoms with E-state index in [1.807, 2.05) is 0 Å². The SMILES string of the molecule is CC(C)(O)C(F)CN1Cc2cc(NC(=O)c3cnn4cccnc34)c(N3CCC(N4CCC4)C(F)(F)C3)cc2C1=O. The van der Waals surface area contributed by atoms with E-state index in [-0.39, 0.29) is 42.0 Å². The Balaban J connectivity index is 1.33. The zero-order valence-electron chi connectivity index (χ0n) is 22.9. The molecule has 10 nitrogen and oxygen atoms in total. The first-order valence-electron chi connectivity index (χ1n) is 13.7. The summed E-state index contributed by atoms with van der Waals surface area (Å²) in [4.78, 5) is 35.5. The average molecular weight is 572 g/mol. The number of aliphatic hydroxyl groups is 1. The highest BCUT2D eigenvalue weighted by atomic mass is 19.3. The third kappa shape index (κ3) is 5.01. The highest BCUT2D eigenvalue weighted by Crippen LogP contribution is 2.40. The lowest BCUT2D eigenvalue weighted by Crippen LogP contribution is -2.61. The number of hydrogen-bond donors (Lipinski definition) is 2. The number of anilines is 2. The van der Waals surface area contributed by atoms with Crippen LogP contribution in [0.5, 0.6) is 0 Å². The number of likely N-dealkylation sites (tertiary alicyclic amines) is 1. The highest BCUT2D eigenvalue weighted by Gasteiger charge is 2.49. The number of carbonyl (C=O) groups is 2. The number of benzene rings is 1. The van der Waals surface area contributed by atoms with Crippen LogP contribution in [0.2, 0.25) is 0 Å². The number of nitrogens with one attached hydrogen (secondary N) is 1. The lowest BCUT2D eigenvalue weighted by atomic mass is 9.95. The third-order valence-electron chi connectivity index (χ3n) is 8.25. The summed E-state index contributed by atoms with van der Waals surface area (Å²) in [7, 11) is 0. The van der Waals surface area contributed by atoms with Crippen molar-refractivity contribution in [2.75, 3.05) is 42.9 Å². The first kappa shape index (κ1) is 27.5. The normalized spacial score (nSPS) is 21.6. The zero-order chi connectivity index (χ0) is 29.1. The topological polar surface area (TPSA) is 106 Å². The molecule has 3 aromatic rings. The number of hydrogen-bond acceptors (Lipinski definition) is 7. The largest absolute Gasteiger partial charge is 0.387 e. The van der Waals surface area contributed by atoms with Gasteiger partial charge in [-0.15, -0.1) is 0 Å². The summed E-state index contributed by atoms with van der Waals surface area (Å²) in [6, 6.07) is 3.92. The van der Waals surface area contributed by atoms with Crippen LogP contribution in [-0.4, -0.2) is 97.8 Å². The maximum atomic E-state index is 15.4. The zero-order valence-corrected chi connectivity index (χ0v) is 22.9. The van der Waals surface area contributed by atoms with Gasteiger partial charge in [0.15, 0.2) is 5.65 Å². The van der Waals surface area contributed by atoms with Crippen molar-refractivity contribution in [2.45, 2.75) is 57.0 Å². The van der Waals surface area contributed by atoms with E-state index in [4.69, 9.17) is 0 Å². The molecule has 0 aliphatic carbocycles. The van der Waals surface area contributed by atoms with E-state index in [9.17, 15) is 19.1 Å². The Morgan fingerprint density at radius 3 is 2.73 bits per heavy atom. The molecule has 6 rings (SSSR count). The fraction of sp³-hybridized carbons (Fsp3) is 0.500. The van der Waals surface area contributed by atoms with Gasteiger partial charge < -0.3 is 20.2 Å². The van der Waals surface area contributed by atoms with Gasteiger partial charge in [-0.3, -0.25) is 14.5 Å². The average Bonchev–Trinajstić information content (AvgIpc) is 3.44. The van der Waals surface area contributed by atoms with Gasteiger partial charge in [0, 0.05) is 31.0 Å². The number of fused-ring (bicyclic) bond motifs is 2. The van der Waals surface area contributed by atoms with Crippen LogP contribution in [-0.2, 0) is 6.54 Å². The minimum atomic E-state index is -3.00. The molecule has 218 valence electrons. The molecule has 2 N–H and O–H groups in total. The number of amides is 2. The summed E-state index contributed by atoms with van der Waals surface area (Å²) >= 11 is 0. The van der Waals surface area contributed by atoms with E-state index in [2.05, 4.69) is 15.4 Å². The summed E-state index contributed by atoms with van der Waals surface area (Å²) in [5, 5.41) is 17.0. The summed E-state index contributed by atoms with van der Waals surface area (Å²) in [5.41, 5.74) is 0.213. The maximum Gasteiger partial charge on any atom is 0.280 e. The molecule has 2 atom stereocenters. The van der Waals surface area contributed by atoms with Crippen molar-refractivity contribution in [3.05, 3.63) is 53.5 Å². The molecule has 2 saturated heterocycles. The molecule has 1 aromatic carbocycles. The molecule has 2 fully saturated rings. The van der Waals surface area contributed by atoms with Crippen molar-refractivity contribution in [1.29, 1.82) is 0 Å². The Kier molecular flexibility index (Phi) is 6.68. The Labute approximate surface area is 234 Å². The second kappa shape index (κ2) is 9.98. The summed E-state index contributed by atoms with van der Waals surface area (Å²) in [6.07, 6.45) is 4.00. The van der Waals surface area contributed by atoms with Gasteiger partial charge >= 0.3 is 0 Å². The minimum absolute atomic E-state index is 0.0548. The van der Waals surface area contributed by atoms with Crippen molar-refractivity contribution in [2.24, 2.45) is 0 Å². The van der Waals surface area contributed by atoms with E-state index in [0.29, 0.717) is 30.8 Å². The molecular weight excluding hydrogens is 539 g/mol. The van der Waals surface area contributed by atoms with Gasteiger partial charge in [-0.1, -0.05) is 0 Å². The van der Waals surface area contributed by atoms with E-state index in [1.165, 1.54) is 46.6 Å². The van der Waals surface area contributed by atoms with Crippen LogP contribution in [0.15, 0.2) is 36.8 Å². The lowest BCUT2D eigenvalue weighted by molar-refractivity contribution is -0.104. The van der Waals surface area contributed by atoms with E-state index >= 15 is 8.78 Å². The number of alkyl halides is 3. The maximum absolute atomic E-state index is 15.4. The first-order valence-corrected chi connectivity index (χ1v) is 13.7. The Hall–Kier alpha value is -3.71. The van der Waals surface area contributed by atoms with Crippen molar-refractivity contribution in [3.8, 4) is 0 Å². The minimum Gasteiger partial charge on any atom is -0.387 e. The second-order valence-corrected chi connectivity index (χ2v) is 11.6. The molecule has 2 amide bonds. The Morgan fingerprint density at radius 2 is 2.05 bits per heavy atom. The molecule has 0 radical (unpaired) electrons. The predicted molar refractivity (Wildman–Crippen MR) is 145 cm³/mol. The first-order chi connectivity index (χ1) is 19.4. The van der Waals surface area contributed by atoms with Gasteiger partial charge in [0.2, 0.25) is 0 Å². The van der Waals surface area contributed by atoms with Gasteiger partial charge in [0.05, 0.1) is 42.3 Å². The van der Waals surface area contributed by atoms with Crippen LogP contribution in [0.3, 0.4) is 0 Å². The van der Waals surface area contributed by atoms with Crippen molar-refractivity contribution < 1.29 is 27.9 Å². The third-order valence-corrected chi connectivity index (χ3v) is 8.25. The van der Waals surface area contributed by atoms with Gasteiger partial charge in [-0.2, -0.15) is 5.10 Å². The molecular formula is C28H32F3N7O3. The van der Waals surface area contributed by atoms with Gasteiger partial charge in [0.25, 0.3) is 17.7 Å². The molecule has 2 aromatic heterocycles. The smallest absolute Gasteiger partial charge is 0.280 e. The van der Waals surface area contributed by atoms with Crippen LogP contribution in [0.4, 0.5) is 24.5 Å². The fourth-order valence-electron chi connectivity index (χ4n) is 5.75. The molecule has 3 aliphatic heterocycles. The summed E-state index contributed by atoms with van der Waals surface area (Å²) in [6.45, 7) is 3.42.